The number of benzene rings is 2. The van der Waals surface area contributed by atoms with Gasteiger partial charge in [-0.2, -0.15) is 4.98 Å². The third kappa shape index (κ3) is 6.75. The molecule has 0 radical (unpaired) electrons. The number of aromatic nitrogens is 4. The highest BCUT2D eigenvalue weighted by molar-refractivity contribution is 7.92. The van der Waals surface area contributed by atoms with Crippen LogP contribution in [0.25, 0.3) is 11.3 Å². The molecule has 1 amide bonds. The fourth-order valence-electron chi connectivity index (χ4n) is 5.39. The molecule has 0 aliphatic carbocycles. The van der Waals surface area contributed by atoms with Crippen LogP contribution in [0.3, 0.4) is 0 Å². The van der Waals surface area contributed by atoms with E-state index in [9.17, 15) is 18.3 Å². The number of carbonyl (C=O) groups is 1. The van der Waals surface area contributed by atoms with Crippen molar-refractivity contribution in [1.82, 2.24) is 24.8 Å². The predicted molar refractivity (Wildman–Crippen MR) is 164 cm³/mol. The molecule has 1 atom stereocenters. The van der Waals surface area contributed by atoms with Gasteiger partial charge in [0, 0.05) is 36.8 Å². The van der Waals surface area contributed by atoms with Gasteiger partial charge < -0.3 is 14.9 Å². The minimum atomic E-state index is -4.20. The highest BCUT2D eigenvalue weighted by atomic mass is 32.2. The molecule has 11 nitrogen and oxygen atoms in total. The number of hydrogen-bond donors (Lipinski definition) is 2. The number of carbonyl (C=O) groups excluding carboxylic acids is 1. The van der Waals surface area contributed by atoms with Gasteiger partial charge in [-0.3, -0.25) is 9.78 Å². The van der Waals surface area contributed by atoms with Gasteiger partial charge in [0.05, 0.1) is 35.2 Å². The van der Waals surface area contributed by atoms with Crippen molar-refractivity contribution in [3.63, 3.8) is 0 Å². The van der Waals surface area contributed by atoms with Crippen molar-refractivity contribution in [2.75, 3.05) is 23.2 Å². The molecular weight excluding hydrogens is 566 g/mol. The molecule has 0 unspecified atom stereocenters. The first kappa shape index (κ1) is 29.9. The largest absolute Gasteiger partial charge is 0.493 e. The van der Waals surface area contributed by atoms with Gasteiger partial charge in [-0.15, -0.1) is 0 Å². The van der Waals surface area contributed by atoms with E-state index in [1.54, 1.807) is 25.5 Å². The molecule has 1 aliphatic rings. The van der Waals surface area contributed by atoms with Crippen LogP contribution in [0, 0.1) is 13.8 Å². The molecule has 1 aliphatic heterocycles. The molecule has 3 heterocycles. The number of aryl methyl sites for hydroxylation is 2. The summed E-state index contributed by atoms with van der Waals surface area (Å²) < 4.78 is 29.0. The van der Waals surface area contributed by atoms with Gasteiger partial charge in [0.15, 0.2) is 0 Å². The van der Waals surface area contributed by atoms with E-state index in [-0.39, 0.29) is 34.7 Å². The van der Waals surface area contributed by atoms with E-state index in [2.05, 4.69) is 31.5 Å². The topological polar surface area (TPSA) is 142 Å². The van der Waals surface area contributed by atoms with Crippen molar-refractivity contribution in [2.24, 2.45) is 0 Å². The number of nitrogens with zero attached hydrogens (tertiary/aromatic N) is 6. The first-order valence-electron chi connectivity index (χ1n) is 14.1. The zero-order valence-corrected chi connectivity index (χ0v) is 25.5. The summed E-state index contributed by atoms with van der Waals surface area (Å²) in [4.78, 5) is 34.2. The molecule has 1 saturated heterocycles. The van der Waals surface area contributed by atoms with Crippen LogP contribution in [-0.4, -0.2) is 63.9 Å². The van der Waals surface area contributed by atoms with Gasteiger partial charge in [-0.25, -0.2) is 23.1 Å². The van der Waals surface area contributed by atoms with Gasteiger partial charge >= 0.3 is 0 Å². The molecule has 0 bridgehead atoms. The lowest BCUT2D eigenvalue weighted by molar-refractivity contribution is 0.0783. The normalized spacial score (nSPS) is 15.3. The van der Waals surface area contributed by atoms with Gasteiger partial charge in [-0.05, 0) is 69.4 Å². The second-order valence-electron chi connectivity index (χ2n) is 10.9. The number of hydrogen-bond acceptors (Lipinski definition) is 9. The Hall–Kier alpha value is -4.58. The molecule has 4 aromatic rings. The molecule has 12 heteroatoms. The average molecular weight is 602 g/mol. The van der Waals surface area contributed by atoms with Gasteiger partial charge in [0.2, 0.25) is 11.8 Å². The highest BCUT2D eigenvalue weighted by Crippen LogP contribution is 2.29. The van der Waals surface area contributed by atoms with Crippen molar-refractivity contribution >= 4 is 27.7 Å². The summed E-state index contributed by atoms with van der Waals surface area (Å²) in [6.45, 7) is 7.11. The summed E-state index contributed by atoms with van der Waals surface area (Å²) in [5, 5.41) is 10.3. The summed E-state index contributed by atoms with van der Waals surface area (Å²) in [5.41, 5.74) is 3.82. The first-order chi connectivity index (χ1) is 20.5. The van der Waals surface area contributed by atoms with Gasteiger partial charge in [-0.1, -0.05) is 24.3 Å². The third-order valence-electron chi connectivity index (χ3n) is 7.58. The average Bonchev–Trinajstić information content (AvgIpc) is 2.96. The van der Waals surface area contributed by atoms with Crippen LogP contribution in [0.15, 0.2) is 65.8 Å². The van der Waals surface area contributed by atoms with E-state index in [0.717, 1.165) is 41.9 Å². The van der Waals surface area contributed by atoms with E-state index < -0.39 is 10.0 Å². The Morgan fingerprint density at radius 1 is 1.05 bits per heavy atom. The molecule has 1 fully saturated rings. The van der Waals surface area contributed by atoms with Crippen LogP contribution in [0.5, 0.6) is 5.88 Å². The Bertz CT molecular complexity index is 1740. The Balaban J connectivity index is 1.33. The van der Waals surface area contributed by atoms with Crippen molar-refractivity contribution in [3.05, 3.63) is 83.3 Å². The van der Waals surface area contributed by atoms with Crippen LogP contribution in [-0.2, 0) is 16.6 Å². The molecule has 2 N–H and O–H groups in total. The van der Waals surface area contributed by atoms with E-state index in [1.807, 2.05) is 32.0 Å². The van der Waals surface area contributed by atoms with Crippen molar-refractivity contribution in [3.8, 4) is 17.1 Å². The zero-order valence-electron chi connectivity index (χ0n) is 24.6. The van der Waals surface area contributed by atoms with Crippen molar-refractivity contribution in [2.45, 2.75) is 57.5 Å². The maximum Gasteiger partial charge on any atom is 0.264 e. The summed E-state index contributed by atoms with van der Waals surface area (Å²) in [6.07, 6.45) is 6.78. The standard InChI is InChI=1S/C31H35N7O4S/c1-20-9-7-10-21(2)29(20)26-16-28(39)35-31(34-26)36-43(41,42)25-13-8-12-23(15-25)30(40)37(4)19-24-17-32-18-27(33-24)38-14-6-5-11-22(38)3/h7-10,12-13,15-18,22H,5-6,11,14,19H2,1-4H3,(H2,34,35,36,39)/t22-/m1/s1. The molecule has 0 saturated carbocycles. The second-order valence-corrected chi connectivity index (χ2v) is 12.6. The SMILES string of the molecule is Cc1cccc(C)c1-c1cc(O)nc(NS(=O)(=O)c2cccc(C(=O)N(C)Cc3cncc(N4CCCC[C@H]4C)n3)c2)n1. The molecule has 2 aromatic heterocycles. The summed E-state index contributed by atoms with van der Waals surface area (Å²) in [7, 11) is -2.56. The van der Waals surface area contributed by atoms with Crippen LogP contribution < -0.4 is 9.62 Å². The Morgan fingerprint density at radius 2 is 1.79 bits per heavy atom. The van der Waals surface area contributed by atoms with Crippen LogP contribution in [0.4, 0.5) is 11.8 Å². The molecule has 0 spiro atoms. The maximum atomic E-state index is 13.3. The minimum absolute atomic E-state index is 0.145. The van der Waals surface area contributed by atoms with Crippen molar-refractivity contribution < 1.29 is 18.3 Å². The lowest BCUT2D eigenvalue weighted by atomic mass is 10.00. The van der Waals surface area contributed by atoms with E-state index in [0.29, 0.717) is 17.4 Å². The molecule has 2 aromatic carbocycles. The fourth-order valence-corrected chi connectivity index (χ4v) is 6.37. The highest BCUT2D eigenvalue weighted by Gasteiger charge is 2.23. The number of piperidine rings is 1. The van der Waals surface area contributed by atoms with Crippen LogP contribution in [0.1, 0.15) is 53.4 Å². The number of anilines is 2. The van der Waals surface area contributed by atoms with Crippen LogP contribution >= 0.6 is 0 Å². The first-order valence-corrected chi connectivity index (χ1v) is 15.6. The van der Waals surface area contributed by atoms with E-state index >= 15 is 0 Å². The molecular formula is C31H35N7O4S. The molecule has 224 valence electrons. The van der Waals surface area contributed by atoms with E-state index in [4.69, 9.17) is 4.98 Å². The summed E-state index contributed by atoms with van der Waals surface area (Å²) in [5.74, 6) is -0.244. The number of aromatic hydroxyl groups is 1. The quantitative estimate of drug-likeness (QED) is 0.294. The Kier molecular flexibility index (Phi) is 8.58. The predicted octanol–water partition coefficient (Wildman–Crippen LogP) is 4.71. The molecule has 5 rings (SSSR count). The lowest BCUT2D eigenvalue weighted by Crippen LogP contribution is -2.38. The lowest BCUT2D eigenvalue weighted by Gasteiger charge is -2.34. The number of amides is 1. The fraction of sp³-hybridized carbons (Fsp3) is 0.323. The number of nitrogens with one attached hydrogen (secondary N) is 1. The van der Waals surface area contributed by atoms with Crippen molar-refractivity contribution in [1.29, 1.82) is 0 Å². The molecule has 43 heavy (non-hydrogen) atoms. The smallest absolute Gasteiger partial charge is 0.264 e. The Labute approximate surface area is 251 Å². The third-order valence-corrected chi connectivity index (χ3v) is 8.91. The van der Waals surface area contributed by atoms with Gasteiger partial charge in [0.1, 0.15) is 5.82 Å². The number of sulfonamides is 1. The summed E-state index contributed by atoms with van der Waals surface area (Å²) >= 11 is 0. The van der Waals surface area contributed by atoms with Crippen LogP contribution in [0.2, 0.25) is 0 Å². The monoisotopic (exact) mass is 601 g/mol. The Morgan fingerprint density at radius 3 is 2.53 bits per heavy atom. The minimum Gasteiger partial charge on any atom is -0.493 e. The maximum absolute atomic E-state index is 13.3. The summed E-state index contributed by atoms with van der Waals surface area (Å²) in [6, 6.07) is 13.2. The van der Waals surface area contributed by atoms with Gasteiger partial charge in [0.25, 0.3) is 15.9 Å². The van der Waals surface area contributed by atoms with E-state index in [1.165, 1.54) is 35.6 Å². The number of rotatable bonds is 8. The zero-order chi connectivity index (χ0) is 30.7. The second kappa shape index (κ2) is 12.3.